The van der Waals surface area contributed by atoms with Crippen molar-refractivity contribution in [3.05, 3.63) is 87.4 Å². The summed E-state index contributed by atoms with van der Waals surface area (Å²) in [5.74, 6) is -0.0744. The van der Waals surface area contributed by atoms with Crippen molar-refractivity contribution < 1.29 is 19.8 Å². The van der Waals surface area contributed by atoms with Gasteiger partial charge in [0.05, 0.1) is 16.5 Å². The van der Waals surface area contributed by atoms with Crippen LogP contribution in [-0.2, 0) is 34.3 Å². The number of amides is 3. The number of allylic oxidation sites excluding steroid dienone is 1. The summed E-state index contributed by atoms with van der Waals surface area (Å²) in [6, 6.07) is 6.84. The van der Waals surface area contributed by atoms with E-state index in [1.54, 1.807) is 24.2 Å². The van der Waals surface area contributed by atoms with E-state index in [1.165, 1.54) is 12.4 Å². The van der Waals surface area contributed by atoms with Crippen LogP contribution in [0, 0.1) is 6.92 Å². The van der Waals surface area contributed by atoms with Gasteiger partial charge in [-0.2, -0.15) is 0 Å². The normalized spacial score (nSPS) is 22.5. The highest BCUT2D eigenvalue weighted by Gasteiger charge is 2.52. The summed E-state index contributed by atoms with van der Waals surface area (Å²) in [5, 5.41) is 11.8. The number of nitrogens with zero attached hydrogens (tertiary/aromatic N) is 3. The lowest BCUT2D eigenvalue weighted by molar-refractivity contribution is -0.132. The first kappa shape index (κ1) is 31.1. The Morgan fingerprint density at radius 3 is 2.67 bits per heavy atom. The number of rotatable bonds is 3. The van der Waals surface area contributed by atoms with Crippen LogP contribution >= 0.6 is 0 Å². The molecule has 46 heavy (non-hydrogen) atoms. The lowest BCUT2D eigenvalue weighted by Crippen LogP contribution is -2.49. The molecule has 1 aromatic carbocycles. The molecule has 0 radical (unpaired) electrons. The first-order chi connectivity index (χ1) is 22.2. The van der Waals surface area contributed by atoms with Crippen LogP contribution in [0.3, 0.4) is 0 Å². The number of hydrogen-bond donors (Lipinski definition) is 4. The number of nitrogen functional groups attached to an aromatic ring is 1. The Balaban J connectivity index is 1.32. The number of carbonyl (C=O) groups excluding carboxylic acids is 3. The number of nitrogens with one attached hydrogen (secondary N) is 2. The van der Waals surface area contributed by atoms with Gasteiger partial charge in [0.2, 0.25) is 11.8 Å². The van der Waals surface area contributed by atoms with E-state index in [-0.39, 0.29) is 18.2 Å². The fourth-order valence-corrected chi connectivity index (χ4v) is 6.96. The average molecular weight is 621 g/mol. The molecule has 238 valence electrons. The van der Waals surface area contributed by atoms with E-state index in [2.05, 4.69) is 38.8 Å². The highest BCUT2D eigenvalue weighted by molar-refractivity contribution is 6.06. The van der Waals surface area contributed by atoms with Crippen molar-refractivity contribution in [3.63, 3.8) is 0 Å². The van der Waals surface area contributed by atoms with Gasteiger partial charge in [-0.05, 0) is 73.1 Å². The number of anilines is 2. The SMILES string of the molecule is Cc1cc(C[C@H]2NC(=O)c3cnc4c(c3)C[C@@]3(C4)C(=O)Nc4ncc(cc43)/C=C/CCCCCCCN(C)C2=O)cc(C=[NH2+])c1N. The zero-order valence-electron chi connectivity index (χ0n) is 26.6. The van der Waals surface area contributed by atoms with Gasteiger partial charge in [-0.3, -0.25) is 24.8 Å². The minimum atomic E-state index is -0.820. The number of likely N-dealkylation sites (N-methyl/N-ethyl adjacent to an activating group) is 1. The molecule has 10 heteroatoms. The molecule has 0 fully saturated rings. The molecule has 1 aliphatic carbocycles. The first-order valence-electron chi connectivity index (χ1n) is 16.1. The third kappa shape index (κ3) is 6.03. The molecule has 3 aromatic rings. The van der Waals surface area contributed by atoms with E-state index in [9.17, 15) is 14.4 Å². The Kier molecular flexibility index (Phi) is 8.71. The Morgan fingerprint density at radius 1 is 1.04 bits per heavy atom. The minimum absolute atomic E-state index is 0.101. The van der Waals surface area contributed by atoms with Crippen LogP contribution in [-0.4, -0.2) is 58.4 Å². The van der Waals surface area contributed by atoms with E-state index in [0.29, 0.717) is 42.0 Å². The molecule has 5 bridgehead atoms. The molecule has 2 atom stereocenters. The molecule has 2 aromatic heterocycles. The zero-order valence-corrected chi connectivity index (χ0v) is 26.6. The molecule has 10 nitrogen and oxygen atoms in total. The molecule has 4 heterocycles. The molecule has 0 saturated carbocycles. The van der Waals surface area contributed by atoms with Crippen molar-refractivity contribution in [3.8, 4) is 0 Å². The van der Waals surface area contributed by atoms with Gasteiger partial charge < -0.3 is 21.3 Å². The molecule has 6 N–H and O–H groups in total. The number of hydrogen-bond acceptors (Lipinski definition) is 6. The van der Waals surface area contributed by atoms with E-state index in [4.69, 9.17) is 11.1 Å². The highest BCUT2D eigenvalue weighted by atomic mass is 16.2. The van der Waals surface area contributed by atoms with E-state index in [1.807, 2.05) is 19.1 Å². The van der Waals surface area contributed by atoms with Crippen molar-refractivity contribution in [2.24, 2.45) is 0 Å². The van der Waals surface area contributed by atoms with Gasteiger partial charge in [0, 0.05) is 55.8 Å². The summed E-state index contributed by atoms with van der Waals surface area (Å²) < 4.78 is 0. The quantitative estimate of drug-likeness (QED) is 0.261. The summed E-state index contributed by atoms with van der Waals surface area (Å²) in [4.78, 5) is 51.9. The lowest BCUT2D eigenvalue weighted by atomic mass is 9.79. The summed E-state index contributed by atoms with van der Waals surface area (Å²) in [7, 11) is 1.79. The minimum Gasteiger partial charge on any atom is -0.398 e. The second-order valence-corrected chi connectivity index (χ2v) is 12.9. The fraction of sp³-hybridized carbons (Fsp3) is 0.389. The van der Waals surface area contributed by atoms with Crippen LogP contribution in [0.15, 0.2) is 42.7 Å². The molecule has 3 aliphatic rings. The maximum atomic E-state index is 13.8. The van der Waals surface area contributed by atoms with Crippen LogP contribution in [0.2, 0.25) is 0 Å². The molecule has 0 saturated heterocycles. The molecule has 3 amide bonds. The van der Waals surface area contributed by atoms with Gasteiger partial charge in [-0.1, -0.05) is 37.5 Å². The first-order valence-corrected chi connectivity index (χ1v) is 16.1. The predicted molar refractivity (Wildman–Crippen MR) is 178 cm³/mol. The van der Waals surface area contributed by atoms with Gasteiger partial charge in [0.1, 0.15) is 11.9 Å². The summed E-state index contributed by atoms with van der Waals surface area (Å²) in [6.45, 7) is 2.50. The van der Waals surface area contributed by atoms with Crippen LogP contribution in [0.4, 0.5) is 11.5 Å². The van der Waals surface area contributed by atoms with Gasteiger partial charge >= 0.3 is 0 Å². The molecule has 0 unspecified atom stereocenters. The van der Waals surface area contributed by atoms with Gasteiger partial charge in [0.15, 0.2) is 6.21 Å². The summed E-state index contributed by atoms with van der Waals surface area (Å²) >= 11 is 0. The van der Waals surface area contributed by atoms with Gasteiger partial charge in [-0.15, -0.1) is 0 Å². The smallest absolute Gasteiger partial charge is 0.253 e. The molecule has 1 spiro atoms. The zero-order chi connectivity index (χ0) is 32.4. The van der Waals surface area contributed by atoms with E-state index < -0.39 is 17.4 Å². The van der Waals surface area contributed by atoms with Crippen LogP contribution in [0.1, 0.15) is 88.0 Å². The van der Waals surface area contributed by atoms with Crippen molar-refractivity contribution >= 4 is 41.5 Å². The number of carbonyl (C=O) groups is 3. The number of fused-ring (bicyclic) bond motifs is 2. The van der Waals surface area contributed by atoms with Crippen molar-refractivity contribution in [1.29, 1.82) is 0 Å². The third-order valence-corrected chi connectivity index (χ3v) is 9.63. The van der Waals surface area contributed by atoms with E-state index >= 15 is 0 Å². The number of aromatic nitrogens is 2. The molecular weight excluding hydrogens is 578 g/mol. The van der Waals surface area contributed by atoms with Crippen molar-refractivity contribution in [2.75, 3.05) is 24.6 Å². The van der Waals surface area contributed by atoms with Crippen LogP contribution in [0.5, 0.6) is 0 Å². The maximum Gasteiger partial charge on any atom is 0.253 e. The lowest BCUT2D eigenvalue weighted by Gasteiger charge is -2.25. The Bertz CT molecular complexity index is 1750. The Hall–Kier alpha value is -4.86. The van der Waals surface area contributed by atoms with Gasteiger partial charge in [-0.25, -0.2) is 4.98 Å². The number of nitrogens with two attached hydrogens (primary N) is 2. The predicted octanol–water partition coefficient (Wildman–Crippen LogP) is 2.70. The molecule has 6 rings (SSSR count). The average Bonchev–Trinajstić information content (AvgIpc) is 3.56. The standard InChI is InChI=1S/C36H41N7O3/c1-22-12-24(13-26(19-37)31(22)38)15-29-34(45)43(2)11-9-7-5-3-4-6-8-10-23-14-28-32(40-20-23)42-35(46)36(28)17-25-16-27(33(44)41-29)21-39-30(25)18-36/h8,10,12-14,16,19-21,29,37H,3-7,9,11,15,17-18,38H2,1-2H3,(H,41,44)(H,40,42,46)/p+1/b10-8+,37-19?/t29-,36+/m1/s1. The fourth-order valence-electron chi connectivity index (χ4n) is 6.96. The van der Waals surface area contributed by atoms with Crippen molar-refractivity contribution in [2.45, 2.75) is 76.2 Å². The summed E-state index contributed by atoms with van der Waals surface area (Å²) in [5.41, 5.74) is 12.2. The molecule has 2 aliphatic heterocycles. The Labute approximate surface area is 269 Å². The topological polar surface area (TPSA) is 156 Å². The molecular formula is C36H42N7O3+. The van der Waals surface area contributed by atoms with E-state index in [0.717, 1.165) is 72.0 Å². The maximum absolute atomic E-state index is 13.8. The summed E-state index contributed by atoms with van der Waals surface area (Å²) in [6.07, 6.45) is 16.3. The monoisotopic (exact) mass is 620 g/mol. The van der Waals surface area contributed by atoms with Crippen LogP contribution < -0.4 is 21.8 Å². The highest BCUT2D eigenvalue weighted by Crippen LogP contribution is 2.46. The largest absolute Gasteiger partial charge is 0.398 e. The Morgan fingerprint density at radius 2 is 1.85 bits per heavy atom. The van der Waals surface area contributed by atoms with Crippen LogP contribution in [0.25, 0.3) is 6.08 Å². The third-order valence-electron chi connectivity index (χ3n) is 9.63. The van der Waals surface area contributed by atoms with Crippen molar-refractivity contribution in [1.82, 2.24) is 20.2 Å². The number of aryl methyl sites for hydroxylation is 1. The number of pyridine rings is 2. The second-order valence-electron chi connectivity index (χ2n) is 12.9. The number of benzene rings is 1. The van der Waals surface area contributed by atoms with Gasteiger partial charge in [0.25, 0.3) is 5.91 Å². The second kappa shape index (κ2) is 12.9.